The molecule has 0 aromatic heterocycles. The number of halogens is 1. The molecule has 0 N–H and O–H groups in total. The highest BCUT2D eigenvalue weighted by molar-refractivity contribution is 6.10. The third-order valence-electron chi connectivity index (χ3n) is 6.96. The van der Waals surface area contributed by atoms with Gasteiger partial charge in [0.05, 0.1) is 24.6 Å². The number of benzene rings is 2. The summed E-state index contributed by atoms with van der Waals surface area (Å²) in [7, 11) is 3.50. The van der Waals surface area contributed by atoms with Gasteiger partial charge in [0.15, 0.2) is 0 Å². The number of likely N-dealkylation sites (N-methyl/N-ethyl adjacent to an activating group) is 1. The average Bonchev–Trinajstić information content (AvgIpc) is 3.08. The number of likely N-dealkylation sites (tertiary alicyclic amines) is 1. The topological polar surface area (TPSA) is 70.2 Å². The van der Waals surface area contributed by atoms with Crippen molar-refractivity contribution in [1.29, 1.82) is 0 Å². The smallest absolute Gasteiger partial charge is 0.241 e. The fourth-order valence-electron chi connectivity index (χ4n) is 5.01. The zero-order chi connectivity index (χ0) is 24.3. The monoisotopic (exact) mass is 467 g/mol. The molecule has 8 heteroatoms. The summed E-state index contributed by atoms with van der Waals surface area (Å²) >= 11 is 0. The molecule has 2 aromatic rings. The van der Waals surface area contributed by atoms with Crippen molar-refractivity contribution in [3.8, 4) is 0 Å². The van der Waals surface area contributed by atoms with Gasteiger partial charge in [-0.1, -0.05) is 48.5 Å². The molecule has 7 nitrogen and oxygen atoms in total. The van der Waals surface area contributed by atoms with Crippen LogP contribution in [0.3, 0.4) is 0 Å². The molecular weight excluding hydrogens is 437 g/mol. The first-order valence-electron chi connectivity index (χ1n) is 11.5. The Hall–Kier alpha value is -3.10. The molecule has 0 bridgehead atoms. The average molecular weight is 468 g/mol. The molecule has 0 saturated carbocycles. The van der Waals surface area contributed by atoms with Gasteiger partial charge in [0.2, 0.25) is 17.7 Å². The van der Waals surface area contributed by atoms with Gasteiger partial charge >= 0.3 is 0 Å². The number of hydrogen-bond donors (Lipinski definition) is 0. The number of rotatable bonds is 7. The summed E-state index contributed by atoms with van der Waals surface area (Å²) in [5.74, 6) is -1.81. The number of carbonyl (C=O) groups excluding carboxylic acids is 3. The Morgan fingerprint density at radius 1 is 1.09 bits per heavy atom. The summed E-state index contributed by atoms with van der Waals surface area (Å²) in [6.45, 7) is 1.88. The maximum atomic E-state index is 15.0. The molecule has 3 amide bonds. The largest absolute Gasteiger partial charge is 0.383 e. The van der Waals surface area contributed by atoms with E-state index in [4.69, 9.17) is 4.74 Å². The van der Waals surface area contributed by atoms with Gasteiger partial charge in [-0.3, -0.25) is 24.2 Å². The minimum absolute atomic E-state index is 0.0161. The lowest BCUT2D eigenvalue weighted by Gasteiger charge is -2.41. The van der Waals surface area contributed by atoms with E-state index in [1.54, 1.807) is 11.0 Å². The molecule has 180 valence electrons. The fraction of sp³-hybridized carbons (Fsp3) is 0.423. The molecule has 0 aliphatic carbocycles. The molecular formula is C26H30FN3O4. The van der Waals surface area contributed by atoms with Crippen LogP contribution in [0.2, 0.25) is 0 Å². The van der Waals surface area contributed by atoms with Crippen molar-refractivity contribution >= 4 is 17.7 Å². The Kier molecular flexibility index (Phi) is 7.09. The van der Waals surface area contributed by atoms with Crippen molar-refractivity contribution in [1.82, 2.24) is 14.7 Å². The van der Waals surface area contributed by atoms with E-state index in [1.807, 2.05) is 37.4 Å². The number of nitrogens with zero attached hydrogens (tertiary/aromatic N) is 3. The third kappa shape index (κ3) is 4.48. The second-order valence-electron chi connectivity index (χ2n) is 9.01. The number of carbonyl (C=O) groups is 3. The summed E-state index contributed by atoms with van der Waals surface area (Å²) in [5.41, 5.74) is -0.363. The van der Waals surface area contributed by atoms with Crippen LogP contribution in [-0.4, -0.2) is 79.4 Å². The van der Waals surface area contributed by atoms with E-state index >= 15 is 0 Å². The maximum absolute atomic E-state index is 15.0. The lowest BCUT2D eigenvalue weighted by molar-refractivity contribution is -0.144. The zero-order valence-corrected chi connectivity index (χ0v) is 19.6. The van der Waals surface area contributed by atoms with E-state index in [0.29, 0.717) is 19.6 Å². The molecule has 0 unspecified atom stereocenters. The summed E-state index contributed by atoms with van der Waals surface area (Å²) in [6.07, 6.45) is -0.495. The van der Waals surface area contributed by atoms with Crippen LogP contribution in [0.1, 0.15) is 30.0 Å². The van der Waals surface area contributed by atoms with Gasteiger partial charge in [-0.2, -0.15) is 0 Å². The van der Waals surface area contributed by atoms with Crippen molar-refractivity contribution < 1.29 is 23.5 Å². The second kappa shape index (κ2) is 10.0. The number of methoxy groups -OCH3 is 1. The summed E-state index contributed by atoms with van der Waals surface area (Å²) in [4.78, 5) is 45.0. The Morgan fingerprint density at radius 3 is 2.50 bits per heavy atom. The van der Waals surface area contributed by atoms with Crippen LogP contribution in [0.4, 0.5) is 4.39 Å². The Labute approximate surface area is 199 Å². The Bertz CT molecular complexity index is 1060. The normalized spacial score (nSPS) is 23.6. The number of ether oxygens (including phenoxy) is 1. The van der Waals surface area contributed by atoms with E-state index in [9.17, 15) is 18.8 Å². The number of hydrogen-bond acceptors (Lipinski definition) is 5. The Morgan fingerprint density at radius 2 is 1.79 bits per heavy atom. The van der Waals surface area contributed by atoms with Crippen LogP contribution in [0.25, 0.3) is 0 Å². The maximum Gasteiger partial charge on any atom is 0.241 e. The molecule has 2 heterocycles. The van der Waals surface area contributed by atoms with Gasteiger partial charge in [0.25, 0.3) is 0 Å². The highest BCUT2D eigenvalue weighted by Crippen LogP contribution is 2.41. The summed E-state index contributed by atoms with van der Waals surface area (Å²) < 4.78 is 20.0. The first kappa shape index (κ1) is 24.0. The molecule has 2 atom stereocenters. The lowest BCUT2D eigenvalue weighted by Crippen LogP contribution is -2.51. The first-order chi connectivity index (χ1) is 16.4. The van der Waals surface area contributed by atoms with Crippen LogP contribution in [0.5, 0.6) is 0 Å². The van der Waals surface area contributed by atoms with Crippen molar-refractivity contribution in [3.63, 3.8) is 0 Å². The van der Waals surface area contributed by atoms with Gasteiger partial charge < -0.3 is 9.64 Å². The van der Waals surface area contributed by atoms with Crippen LogP contribution < -0.4 is 0 Å². The van der Waals surface area contributed by atoms with Gasteiger partial charge in [0.1, 0.15) is 5.82 Å². The molecule has 0 spiro atoms. The molecule has 4 rings (SSSR count). The fourth-order valence-corrected chi connectivity index (χ4v) is 5.01. The number of amides is 3. The molecule has 0 radical (unpaired) electrons. The van der Waals surface area contributed by atoms with E-state index < -0.39 is 23.0 Å². The standard InChI is InChI=1S/C26H30FN3O4/c1-28-12-13-29(18-22(28)19-8-4-3-5-9-19)23(31)16-26(20-10-6-7-11-21(20)27)17-24(32)30(25(26)33)14-15-34-2/h3-11,22H,12-18H2,1-2H3/t22-,26-/m0/s1. The summed E-state index contributed by atoms with van der Waals surface area (Å²) in [6, 6.07) is 15.9. The predicted molar refractivity (Wildman–Crippen MR) is 124 cm³/mol. The SMILES string of the molecule is COCCN1C(=O)C[C@@](CC(=O)N2CCN(C)[C@H](c3ccccc3)C2)(c2ccccc2F)C1=O. The molecule has 34 heavy (non-hydrogen) atoms. The Balaban J connectivity index is 1.62. The molecule has 2 fully saturated rings. The van der Waals surface area contributed by atoms with Crippen LogP contribution in [0.15, 0.2) is 54.6 Å². The minimum Gasteiger partial charge on any atom is -0.383 e. The van der Waals surface area contributed by atoms with E-state index in [1.165, 1.54) is 25.3 Å². The quantitative estimate of drug-likeness (QED) is 0.585. The van der Waals surface area contributed by atoms with Crippen molar-refractivity contribution in [2.75, 3.05) is 46.9 Å². The van der Waals surface area contributed by atoms with Crippen LogP contribution in [0, 0.1) is 5.82 Å². The third-order valence-corrected chi connectivity index (χ3v) is 6.96. The second-order valence-corrected chi connectivity index (χ2v) is 9.01. The minimum atomic E-state index is -1.56. The lowest BCUT2D eigenvalue weighted by atomic mass is 9.75. The number of imide groups is 1. The van der Waals surface area contributed by atoms with Crippen LogP contribution in [-0.2, 0) is 24.5 Å². The van der Waals surface area contributed by atoms with Gasteiger partial charge in [0, 0.05) is 45.1 Å². The first-order valence-corrected chi connectivity index (χ1v) is 11.5. The van der Waals surface area contributed by atoms with Crippen molar-refractivity contribution in [2.24, 2.45) is 0 Å². The highest BCUT2D eigenvalue weighted by atomic mass is 19.1. The van der Waals surface area contributed by atoms with Crippen LogP contribution >= 0.6 is 0 Å². The van der Waals surface area contributed by atoms with Gasteiger partial charge in [-0.25, -0.2) is 4.39 Å². The molecule has 2 aromatic carbocycles. The van der Waals surface area contributed by atoms with Gasteiger partial charge in [-0.05, 0) is 18.7 Å². The van der Waals surface area contributed by atoms with E-state index in [-0.39, 0.29) is 43.5 Å². The van der Waals surface area contributed by atoms with E-state index in [0.717, 1.165) is 10.5 Å². The number of piperazine rings is 1. The molecule has 2 aliphatic rings. The van der Waals surface area contributed by atoms with Crippen molar-refractivity contribution in [3.05, 3.63) is 71.5 Å². The van der Waals surface area contributed by atoms with Gasteiger partial charge in [-0.15, -0.1) is 0 Å². The predicted octanol–water partition coefficient (Wildman–Crippen LogP) is 2.37. The van der Waals surface area contributed by atoms with E-state index in [2.05, 4.69) is 4.90 Å². The van der Waals surface area contributed by atoms with Crippen molar-refractivity contribution in [2.45, 2.75) is 24.3 Å². The molecule has 2 aliphatic heterocycles. The highest BCUT2D eigenvalue weighted by Gasteiger charge is 2.55. The summed E-state index contributed by atoms with van der Waals surface area (Å²) in [5, 5.41) is 0. The zero-order valence-electron chi connectivity index (χ0n) is 19.6. The molecule has 2 saturated heterocycles.